The number of aryl methyl sites for hydroxylation is 1. The van der Waals surface area contributed by atoms with Gasteiger partial charge in [-0.25, -0.2) is 9.78 Å². The van der Waals surface area contributed by atoms with E-state index in [1.165, 1.54) is 7.11 Å². The Balaban J connectivity index is 1.85. The molecule has 17 heavy (non-hydrogen) atoms. The first kappa shape index (κ1) is 11.4. The summed E-state index contributed by atoms with van der Waals surface area (Å²) in [4.78, 5) is 18.3. The predicted octanol–water partition coefficient (Wildman–Crippen LogP) is 2.28. The van der Waals surface area contributed by atoms with Crippen LogP contribution in [0.3, 0.4) is 0 Å². The molecule has 2 rings (SSSR count). The molecule has 0 saturated carbocycles. The van der Waals surface area contributed by atoms with Crippen LogP contribution in [0.5, 0.6) is 0 Å². The summed E-state index contributed by atoms with van der Waals surface area (Å²) < 4.78 is 9.15. The third kappa shape index (κ3) is 2.96. The molecule has 5 nitrogen and oxygen atoms in total. The topological polar surface area (TPSA) is 64.2 Å². The van der Waals surface area contributed by atoms with Gasteiger partial charge in [0.05, 0.1) is 24.8 Å². The minimum absolute atomic E-state index is 0.337. The van der Waals surface area contributed by atoms with Crippen molar-refractivity contribution in [3.8, 4) is 0 Å². The summed E-state index contributed by atoms with van der Waals surface area (Å²) in [6, 6.07) is 7.86. The number of hydrogen-bond donors (Lipinski definition) is 1. The number of ether oxygens (including phenoxy) is 2. The number of nitrogens with one attached hydrogen (secondary N) is 1. The van der Waals surface area contributed by atoms with Crippen LogP contribution >= 0.6 is 0 Å². The van der Waals surface area contributed by atoms with Crippen molar-refractivity contribution in [1.82, 2.24) is 9.97 Å². The first-order valence-electron chi connectivity index (χ1n) is 5.44. The van der Waals surface area contributed by atoms with Crippen LogP contribution < -0.4 is 0 Å². The summed E-state index contributed by atoms with van der Waals surface area (Å²) in [6.07, 6.45) is 0.815. The van der Waals surface area contributed by atoms with Gasteiger partial charge in [0.1, 0.15) is 5.82 Å². The Morgan fingerprint density at radius 3 is 3.00 bits per heavy atom. The molecule has 1 N–H and O–H groups in total. The molecule has 0 spiro atoms. The number of methoxy groups -OCH3 is 1. The highest BCUT2D eigenvalue weighted by molar-refractivity contribution is 5.74. The number of H-pyrrole nitrogens is 1. The molecule has 0 aliphatic heterocycles. The van der Waals surface area contributed by atoms with Gasteiger partial charge < -0.3 is 14.5 Å². The highest BCUT2D eigenvalue weighted by Gasteiger charge is 2.03. The summed E-state index contributed by atoms with van der Waals surface area (Å²) in [7, 11) is 1.29. The smallest absolute Gasteiger partial charge is 0.438 e. The molecule has 1 aromatic carbocycles. The largest absolute Gasteiger partial charge is 0.507 e. The molecule has 0 fully saturated rings. The maximum atomic E-state index is 10.7. The molecule has 0 radical (unpaired) electrons. The van der Waals surface area contributed by atoms with Crippen molar-refractivity contribution >= 4 is 17.2 Å². The van der Waals surface area contributed by atoms with E-state index in [2.05, 4.69) is 14.7 Å². The third-order valence-corrected chi connectivity index (χ3v) is 2.38. The fourth-order valence-corrected chi connectivity index (χ4v) is 1.58. The molecule has 1 aromatic heterocycles. The van der Waals surface area contributed by atoms with Crippen LogP contribution in [0.1, 0.15) is 12.2 Å². The van der Waals surface area contributed by atoms with Crippen LogP contribution in [-0.2, 0) is 15.9 Å². The Bertz CT molecular complexity index is 474. The van der Waals surface area contributed by atoms with Crippen molar-refractivity contribution in [2.45, 2.75) is 12.8 Å². The van der Waals surface area contributed by atoms with Gasteiger partial charge in [0, 0.05) is 6.42 Å². The number of aromatic amines is 1. The number of carbonyl (C=O) groups is 1. The second kappa shape index (κ2) is 5.34. The van der Waals surface area contributed by atoms with Crippen molar-refractivity contribution in [3.63, 3.8) is 0 Å². The van der Waals surface area contributed by atoms with Crippen LogP contribution in [0.4, 0.5) is 4.79 Å². The van der Waals surface area contributed by atoms with Crippen molar-refractivity contribution in [1.29, 1.82) is 0 Å². The molecule has 0 aliphatic carbocycles. The lowest BCUT2D eigenvalue weighted by Crippen LogP contribution is -2.06. The second-order valence-electron chi connectivity index (χ2n) is 3.61. The Morgan fingerprint density at radius 1 is 1.41 bits per heavy atom. The van der Waals surface area contributed by atoms with Crippen molar-refractivity contribution < 1.29 is 14.3 Å². The van der Waals surface area contributed by atoms with Crippen molar-refractivity contribution in [2.24, 2.45) is 0 Å². The van der Waals surface area contributed by atoms with Gasteiger partial charge in [0.15, 0.2) is 0 Å². The number of aromatic nitrogens is 2. The Morgan fingerprint density at radius 2 is 2.24 bits per heavy atom. The molecule has 1 heterocycles. The number of para-hydroxylation sites is 2. The SMILES string of the molecule is COC(=O)OCCCc1nc2ccccc2[nH]1. The predicted molar refractivity (Wildman–Crippen MR) is 62.8 cm³/mol. The fourth-order valence-electron chi connectivity index (χ4n) is 1.58. The third-order valence-electron chi connectivity index (χ3n) is 2.38. The fraction of sp³-hybridized carbons (Fsp3) is 0.333. The lowest BCUT2D eigenvalue weighted by molar-refractivity contribution is 0.0718. The summed E-state index contributed by atoms with van der Waals surface area (Å²) >= 11 is 0. The van der Waals surface area contributed by atoms with Gasteiger partial charge in [-0.15, -0.1) is 0 Å². The van der Waals surface area contributed by atoms with Crippen molar-refractivity contribution in [2.75, 3.05) is 13.7 Å². The first-order valence-corrected chi connectivity index (χ1v) is 5.44. The highest BCUT2D eigenvalue weighted by Crippen LogP contribution is 2.11. The van der Waals surface area contributed by atoms with Crippen LogP contribution in [0, 0.1) is 0 Å². The molecule has 2 aromatic rings. The van der Waals surface area contributed by atoms with Gasteiger partial charge in [0.25, 0.3) is 0 Å². The zero-order valence-electron chi connectivity index (χ0n) is 9.60. The van der Waals surface area contributed by atoms with E-state index < -0.39 is 6.16 Å². The molecule has 0 bridgehead atoms. The molecule has 5 heteroatoms. The zero-order chi connectivity index (χ0) is 12.1. The van der Waals surface area contributed by atoms with E-state index in [1.54, 1.807) is 0 Å². The van der Waals surface area contributed by atoms with E-state index in [0.717, 1.165) is 29.7 Å². The first-order chi connectivity index (χ1) is 8.29. The van der Waals surface area contributed by atoms with Crippen LogP contribution in [0.25, 0.3) is 11.0 Å². The van der Waals surface area contributed by atoms with Gasteiger partial charge in [-0.1, -0.05) is 12.1 Å². The maximum absolute atomic E-state index is 10.7. The van der Waals surface area contributed by atoms with E-state index in [9.17, 15) is 4.79 Å². The van der Waals surface area contributed by atoms with Crippen LogP contribution in [0.15, 0.2) is 24.3 Å². The van der Waals surface area contributed by atoms with Crippen LogP contribution in [0.2, 0.25) is 0 Å². The number of imidazole rings is 1. The molecule has 90 valence electrons. The zero-order valence-corrected chi connectivity index (χ0v) is 9.60. The molecular formula is C12H14N2O3. The number of fused-ring (bicyclic) bond motifs is 1. The minimum atomic E-state index is -0.644. The summed E-state index contributed by atoms with van der Waals surface area (Å²) in [5, 5.41) is 0. The number of nitrogens with zero attached hydrogens (tertiary/aromatic N) is 1. The van der Waals surface area contributed by atoms with Gasteiger partial charge in [0.2, 0.25) is 0 Å². The molecule has 0 amide bonds. The monoisotopic (exact) mass is 234 g/mol. The molecule has 0 aliphatic rings. The second-order valence-corrected chi connectivity index (χ2v) is 3.61. The quantitative estimate of drug-likeness (QED) is 0.651. The Labute approximate surface area is 98.8 Å². The van der Waals surface area contributed by atoms with Gasteiger partial charge >= 0.3 is 6.16 Å². The van der Waals surface area contributed by atoms with E-state index in [1.807, 2.05) is 24.3 Å². The summed E-state index contributed by atoms with van der Waals surface area (Å²) in [5.41, 5.74) is 1.98. The molecule has 0 unspecified atom stereocenters. The molecule has 0 atom stereocenters. The van der Waals surface area contributed by atoms with E-state index in [-0.39, 0.29) is 0 Å². The van der Waals surface area contributed by atoms with E-state index >= 15 is 0 Å². The number of rotatable bonds is 4. The van der Waals surface area contributed by atoms with Gasteiger partial charge in [-0.2, -0.15) is 0 Å². The Hall–Kier alpha value is -2.04. The highest BCUT2D eigenvalue weighted by atomic mass is 16.7. The van der Waals surface area contributed by atoms with Gasteiger partial charge in [-0.05, 0) is 18.6 Å². The molecule has 0 saturated heterocycles. The van der Waals surface area contributed by atoms with Crippen LogP contribution in [-0.4, -0.2) is 29.8 Å². The van der Waals surface area contributed by atoms with Gasteiger partial charge in [-0.3, -0.25) is 0 Å². The van der Waals surface area contributed by atoms with Crippen molar-refractivity contribution in [3.05, 3.63) is 30.1 Å². The number of hydrogen-bond acceptors (Lipinski definition) is 4. The summed E-state index contributed by atoms with van der Waals surface area (Å²) in [6.45, 7) is 0.337. The maximum Gasteiger partial charge on any atom is 0.507 e. The van der Waals surface area contributed by atoms with E-state index in [0.29, 0.717) is 6.61 Å². The standard InChI is InChI=1S/C12H14N2O3/c1-16-12(15)17-8-4-7-11-13-9-5-2-3-6-10(9)14-11/h2-3,5-6H,4,7-8H2,1H3,(H,13,14). The lowest BCUT2D eigenvalue weighted by Gasteiger charge is -2.01. The number of benzene rings is 1. The lowest BCUT2D eigenvalue weighted by atomic mass is 10.3. The average Bonchev–Trinajstić information content (AvgIpc) is 2.76. The Kier molecular flexibility index (Phi) is 3.59. The molecular weight excluding hydrogens is 220 g/mol. The normalized spacial score (nSPS) is 10.4. The average molecular weight is 234 g/mol. The minimum Gasteiger partial charge on any atom is -0.438 e. The number of carbonyl (C=O) groups excluding carboxylic acids is 1. The summed E-state index contributed by atoms with van der Waals surface area (Å²) in [5.74, 6) is 0.902. The van der Waals surface area contributed by atoms with E-state index in [4.69, 9.17) is 4.74 Å².